The van der Waals surface area contributed by atoms with Crippen molar-refractivity contribution in [2.75, 3.05) is 5.75 Å². The molecule has 3 nitrogen and oxygen atoms in total. The van der Waals surface area contributed by atoms with Gasteiger partial charge in [-0.1, -0.05) is 0 Å². The number of Topliss-reactive ketones (excluding diaryl/α,β-unsaturated/α-hetero) is 1. The van der Waals surface area contributed by atoms with Crippen LogP contribution < -0.4 is 0 Å². The molecule has 1 aliphatic heterocycles. The molecule has 0 saturated carbocycles. The largest absolute Gasteiger partial charge is 0.387 e. The van der Waals surface area contributed by atoms with Crippen LogP contribution in [0.5, 0.6) is 0 Å². The molecule has 0 unspecified atom stereocenters. The topological polar surface area (TPSA) is 43.4 Å². The van der Waals surface area contributed by atoms with Crippen molar-refractivity contribution in [3.8, 4) is 0 Å². The zero-order valence-corrected chi connectivity index (χ0v) is 4.16. The van der Waals surface area contributed by atoms with Gasteiger partial charge < -0.3 is 4.18 Å². The SMILES string of the molecule is O=C1CSOC1=O. The maximum atomic E-state index is 10.1. The highest BCUT2D eigenvalue weighted by molar-refractivity contribution is 7.96. The van der Waals surface area contributed by atoms with E-state index < -0.39 is 11.8 Å². The van der Waals surface area contributed by atoms with E-state index in [4.69, 9.17) is 0 Å². The van der Waals surface area contributed by atoms with Crippen LogP contribution in [0, 0.1) is 0 Å². The molecule has 1 aliphatic rings. The number of hydrogen-bond donors (Lipinski definition) is 0. The van der Waals surface area contributed by atoms with E-state index in [1.165, 1.54) is 0 Å². The van der Waals surface area contributed by atoms with Gasteiger partial charge in [0.15, 0.2) is 0 Å². The number of rotatable bonds is 0. The molecule has 7 heavy (non-hydrogen) atoms. The molecule has 4 heteroatoms. The number of ketones is 1. The molecule has 1 fully saturated rings. The Morgan fingerprint density at radius 1 is 1.57 bits per heavy atom. The predicted molar refractivity (Wildman–Crippen MR) is 23.6 cm³/mol. The molecule has 0 aromatic heterocycles. The first kappa shape index (κ1) is 4.64. The normalized spacial score (nSPS) is 20.0. The van der Waals surface area contributed by atoms with Gasteiger partial charge in [-0.25, -0.2) is 4.79 Å². The lowest BCUT2D eigenvalue weighted by Crippen LogP contribution is -2.06. The molecular weight excluding hydrogens is 116 g/mol. The van der Waals surface area contributed by atoms with Crippen LogP contribution in [0.15, 0.2) is 0 Å². The fourth-order valence-electron chi connectivity index (χ4n) is 0.242. The van der Waals surface area contributed by atoms with Gasteiger partial charge in [0.25, 0.3) is 5.78 Å². The molecule has 1 saturated heterocycles. The Kier molecular flexibility index (Phi) is 1.02. The van der Waals surface area contributed by atoms with Crippen LogP contribution in [-0.2, 0) is 13.8 Å². The Labute approximate surface area is 44.2 Å². The van der Waals surface area contributed by atoms with Crippen molar-refractivity contribution >= 4 is 23.8 Å². The van der Waals surface area contributed by atoms with Crippen LogP contribution in [0.3, 0.4) is 0 Å². The van der Waals surface area contributed by atoms with Gasteiger partial charge in [0.2, 0.25) is 0 Å². The van der Waals surface area contributed by atoms with Gasteiger partial charge >= 0.3 is 5.97 Å². The van der Waals surface area contributed by atoms with E-state index in [0.29, 0.717) is 0 Å². The molecule has 0 aromatic carbocycles. The Morgan fingerprint density at radius 2 is 2.29 bits per heavy atom. The first-order valence-electron chi connectivity index (χ1n) is 1.67. The number of carbonyl (C=O) groups is 2. The van der Waals surface area contributed by atoms with Gasteiger partial charge in [0.1, 0.15) is 5.75 Å². The summed E-state index contributed by atoms with van der Waals surface area (Å²) in [7, 11) is 0. The summed E-state index contributed by atoms with van der Waals surface area (Å²) in [6, 6.07) is 0. The molecule has 0 aliphatic carbocycles. The summed E-state index contributed by atoms with van der Waals surface area (Å²) >= 11 is 0.891. The molecule has 1 rings (SSSR count). The van der Waals surface area contributed by atoms with E-state index in [1.54, 1.807) is 0 Å². The van der Waals surface area contributed by atoms with Gasteiger partial charge in [0.05, 0.1) is 12.0 Å². The van der Waals surface area contributed by atoms with Crippen molar-refractivity contribution < 1.29 is 13.8 Å². The Hall–Kier alpha value is -0.510. The average molecular weight is 118 g/mol. The lowest BCUT2D eigenvalue weighted by molar-refractivity contribution is -0.143. The summed E-state index contributed by atoms with van der Waals surface area (Å²) < 4.78 is 4.19. The smallest absolute Gasteiger partial charge is 0.385 e. The summed E-state index contributed by atoms with van der Waals surface area (Å²) in [5, 5.41) is 0. The van der Waals surface area contributed by atoms with Crippen LogP contribution in [0.25, 0.3) is 0 Å². The van der Waals surface area contributed by atoms with Crippen molar-refractivity contribution in [2.24, 2.45) is 0 Å². The summed E-state index contributed by atoms with van der Waals surface area (Å²) in [5.41, 5.74) is 0. The molecule has 38 valence electrons. The maximum Gasteiger partial charge on any atom is 0.387 e. The third-order valence-electron chi connectivity index (χ3n) is 0.552. The second kappa shape index (κ2) is 1.54. The van der Waals surface area contributed by atoms with Crippen molar-refractivity contribution in [2.45, 2.75) is 0 Å². The van der Waals surface area contributed by atoms with E-state index in [0.717, 1.165) is 12.0 Å². The average Bonchev–Trinajstić information content (AvgIpc) is 1.91. The molecule has 0 amide bonds. The van der Waals surface area contributed by atoms with Gasteiger partial charge in [-0.2, -0.15) is 0 Å². The Morgan fingerprint density at radius 3 is 2.43 bits per heavy atom. The highest BCUT2D eigenvalue weighted by atomic mass is 32.2. The van der Waals surface area contributed by atoms with Crippen molar-refractivity contribution in [3.05, 3.63) is 0 Å². The second-order valence-electron chi connectivity index (χ2n) is 1.06. The van der Waals surface area contributed by atoms with Crippen molar-refractivity contribution in [1.29, 1.82) is 0 Å². The van der Waals surface area contributed by atoms with Crippen LogP contribution in [-0.4, -0.2) is 17.5 Å². The zero-order valence-electron chi connectivity index (χ0n) is 3.34. The number of carbonyl (C=O) groups excluding carboxylic acids is 2. The fraction of sp³-hybridized carbons (Fsp3) is 0.333. The molecule has 0 bridgehead atoms. The molecule has 0 atom stereocenters. The van der Waals surface area contributed by atoms with Crippen molar-refractivity contribution in [3.63, 3.8) is 0 Å². The minimum absolute atomic E-state index is 0.179. The first-order valence-corrected chi connectivity index (χ1v) is 2.58. The number of hydrogen-bond acceptors (Lipinski definition) is 4. The standard InChI is InChI=1S/C3H2O3S/c4-2-1-7-6-3(2)5/h1H2. The summed E-state index contributed by atoms with van der Waals surface area (Å²) in [4.78, 5) is 20.1. The lowest BCUT2D eigenvalue weighted by atomic mass is 10.5. The Bertz CT molecular complexity index is 105. The van der Waals surface area contributed by atoms with Crippen LogP contribution >= 0.6 is 12.0 Å². The third-order valence-corrected chi connectivity index (χ3v) is 1.20. The minimum Gasteiger partial charge on any atom is -0.385 e. The predicted octanol–water partition coefficient (Wildman–Crippen LogP) is -0.239. The van der Waals surface area contributed by atoms with Gasteiger partial charge in [-0.3, -0.25) is 4.79 Å². The van der Waals surface area contributed by atoms with Gasteiger partial charge in [-0.15, -0.1) is 0 Å². The van der Waals surface area contributed by atoms with Crippen LogP contribution in [0.1, 0.15) is 0 Å². The maximum absolute atomic E-state index is 10.1. The van der Waals surface area contributed by atoms with E-state index >= 15 is 0 Å². The van der Waals surface area contributed by atoms with E-state index in [9.17, 15) is 9.59 Å². The van der Waals surface area contributed by atoms with Crippen molar-refractivity contribution in [1.82, 2.24) is 0 Å². The molecule has 1 heterocycles. The quantitative estimate of drug-likeness (QED) is 0.325. The lowest BCUT2D eigenvalue weighted by Gasteiger charge is -1.76. The minimum atomic E-state index is -0.718. The Balaban J connectivity index is 2.65. The monoisotopic (exact) mass is 118 g/mol. The summed E-state index contributed by atoms with van der Waals surface area (Å²) in [6.45, 7) is 0. The molecule has 0 aromatic rings. The summed E-state index contributed by atoms with van der Waals surface area (Å²) in [5.74, 6) is -0.978. The molecule has 0 N–H and O–H groups in total. The van der Waals surface area contributed by atoms with Gasteiger partial charge in [0, 0.05) is 0 Å². The van der Waals surface area contributed by atoms with Crippen LogP contribution in [0.2, 0.25) is 0 Å². The van der Waals surface area contributed by atoms with Gasteiger partial charge in [-0.05, 0) is 0 Å². The molecule has 0 radical (unpaired) electrons. The molecular formula is C3H2O3S. The second-order valence-corrected chi connectivity index (χ2v) is 1.75. The highest BCUT2D eigenvalue weighted by Gasteiger charge is 2.23. The summed E-state index contributed by atoms with van der Waals surface area (Å²) in [6.07, 6.45) is 0. The molecule has 0 spiro atoms. The zero-order chi connectivity index (χ0) is 5.28. The van der Waals surface area contributed by atoms with E-state index in [-0.39, 0.29) is 5.75 Å². The van der Waals surface area contributed by atoms with E-state index in [2.05, 4.69) is 4.18 Å². The highest BCUT2D eigenvalue weighted by Crippen LogP contribution is 2.11. The fourth-order valence-corrected chi connectivity index (χ4v) is 0.726. The van der Waals surface area contributed by atoms with Crippen LogP contribution in [0.4, 0.5) is 0 Å². The van der Waals surface area contributed by atoms with E-state index in [1.807, 2.05) is 0 Å². The third kappa shape index (κ3) is 0.742. The first-order chi connectivity index (χ1) is 3.30.